The Morgan fingerprint density at radius 2 is 1.04 bits per heavy atom. The topological polar surface area (TPSA) is 284 Å². The van der Waals surface area contributed by atoms with Crippen LogP contribution in [-0.2, 0) is 33.1 Å². The largest absolute Gasteiger partial charge is 2.00 e. The molecule has 0 radical (unpaired) electrons. The number of nitrogens with one attached hydrogen (secondary N) is 1. The number of hydrogen-bond donors (Lipinski definition) is 4. The molecule has 8 aromatic rings. The second kappa shape index (κ2) is 26.1. The van der Waals surface area contributed by atoms with Crippen LogP contribution in [0.5, 0.6) is 23.0 Å². The van der Waals surface area contributed by atoms with Crippen molar-refractivity contribution in [3.05, 3.63) is 166 Å². The maximum absolute atomic E-state index is 13.5. The number of para-hydroxylation sites is 4. The number of carbonyl (C=O) groups excluding carboxylic acids is 1. The molecule has 0 aliphatic heterocycles. The van der Waals surface area contributed by atoms with Crippen molar-refractivity contribution < 1.29 is 55.5 Å². The van der Waals surface area contributed by atoms with E-state index in [4.69, 9.17) is 32.7 Å². The van der Waals surface area contributed by atoms with Gasteiger partial charge in [-0.3, -0.25) is 18.9 Å². The van der Waals surface area contributed by atoms with Crippen molar-refractivity contribution in [2.75, 3.05) is 18.5 Å². The van der Waals surface area contributed by atoms with Gasteiger partial charge in [0.15, 0.2) is 5.75 Å². The Morgan fingerprint density at radius 1 is 0.597 bits per heavy atom. The van der Waals surface area contributed by atoms with Crippen LogP contribution in [0.4, 0.5) is 34.1 Å². The van der Waals surface area contributed by atoms with Gasteiger partial charge in [0, 0.05) is 21.9 Å². The average molecular weight is 1150 g/mol. The zero-order valence-electron chi connectivity index (χ0n) is 41.6. The molecule has 0 spiro atoms. The molecule has 0 heterocycles. The molecular formula is C54H46CaCl2N6O12S2. The van der Waals surface area contributed by atoms with Crippen LogP contribution in [0.15, 0.2) is 169 Å². The fourth-order valence-electron chi connectivity index (χ4n) is 7.96. The van der Waals surface area contributed by atoms with Crippen molar-refractivity contribution in [1.29, 1.82) is 0 Å². The standard InChI is InChI=1S/2C27H24ClN3O6S.Ca/c2*1-3-17-23(38(34,35)36)14-13-20(28)24(17)30-31-25-18-10-6-5-9-16(18)15-19(26(25)32)27(33)29-21-11-7-8-12-22(21)37-4-2;/h2*5-15,32H,3-4H2,1-2H3,(H,29,33)(H,34,35,36);/q;;+2/p-2. The molecule has 4 N–H and O–H groups in total. The number of hydrogen-bond acceptors (Lipinski definition) is 15. The van der Waals surface area contributed by atoms with Gasteiger partial charge in [-0.05, 0) is 110 Å². The first-order valence-corrected chi connectivity index (χ1v) is 26.8. The van der Waals surface area contributed by atoms with Crippen molar-refractivity contribution in [2.45, 2.75) is 50.3 Å². The van der Waals surface area contributed by atoms with E-state index in [9.17, 15) is 46.1 Å². The van der Waals surface area contributed by atoms with Gasteiger partial charge in [-0.1, -0.05) is 116 Å². The van der Waals surface area contributed by atoms with Crippen molar-refractivity contribution in [3.8, 4) is 23.0 Å². The number of benzene rings is 8. The molecule has 1 amide bonds. The molecule has 0 saturated heterocycles. The number of rotatable bonds is 16. The molecule has 8 aromatic carbocycles. The van der Waals surface area contributed by atoms with E-state index in [0.717, 1.165) is 0 Å². The summed E-state index contributed by atoms with van der Waals surface area (Å²) in [6, 6.07) is 35.3. The van der Waals surface area contributed by atoms with E-state index in [0.29, 0.717) is 51.9 Å². The smallest absolute Gasteiger partial charge is 0.871 e. The number of phenolic OH excluding ortho intramolecular Hbond substituents is 1. The third kappa shape index (κ3) is 13.7. The summed E-state index contributed by atoms with van der Waals surface area (Å²) in [5.41, 5.74) is 0.567. The van der Waals surface area contributed by atoms with Crippen LogP contribution in [0, 0.1) is 0 Å². The molecule has 77 heavy (non-hydrogen) atoms. The second-order valence-corrected chi connectivity index (χ2v) is 19.8. The van der Waals surface area contributed by atoms with Crippen molar-refractivity contribution in [1.82, 2.24) is 0 Å². The molecule has 0 fully saturated rings. The number of aliphatic imine (C=N–C) groups is 1. The average Bonchev–Trinajstić information content (AvgIpc) is 3.40. The summed E-state index contributed by atoms with van der Waals surface area (Å²) >= 11 is 12.6. The minimum absolute atomic E-state index is 0. The first kappa shape index (κ1) is 59.5. The summed E-state index contributed by atoms with van der Waals surface area (Å²) in [7, 11) is -9.09. The van der Waals surface area contributed by atoms with Crippen LogP contribution >= 0.6 is 23.2 Å². The fraction of sp³-hybridized carbons (Fsp3) is 0.148. The van der Waals surface area contributed by atoms with E-state index in [1.54, 1.807) is 118 Å². The van der Waals surface area contributed by atoms with Crippen LogP contribution in [0.1, 0.15) is 54.7 Å². The Kier molecular flexibility index (Phi) is 20.2. The van der Waals surface area contributed by atoms with E-state index >= 15 is 0 Å². The summed E-state index contributed by atoms with van der Waals surface area (Å²) in [5, 5.41) is 59.4. The Bertz CT molecular complexity index is 3860. The van der Waals surface area contributed by atoms with Gasteiger partial charge >= 0.3 is 37.7 Å². The molecule has 0 aliphatic carbocycles. The number of halogens is 2. The van der Waals surface area contributed by atoms with E-state index in [-0.39, 0.29) is 121 Å². The van der Waals surface area contributed by atoms with Crippen LogP contribution < -0.4 is 25.0 Å². The van der Waals surface area contributed by atoms with Crippen molar-refractivity contribution in [2.24, 2.45) is 25.4 Å². The van der Waals surface area contributed by atoms with Gasteiger partial charge in [-0.25, -0.2) is 0 Å². The number of phenols is 1. The first-order valence-electron chi connectivity index (χ1n) is 23.2. The number of carbonyl (C=O) groups is 1. The Balaban J connectivity index is 0.000000246. The number of anilines is 1. The minimum atomic E-state index is -4.56. The molecule has 0 atom stereocenters. The molecule has 0 saturated carbocycles. The number of nitrogens with zero attached hydrogens (tertiary/aromatic N) is 5. The van der Waals surface area contributed by atoms with E-state index in [1.807, 2.05) is 6.92 Å². The third-order valence-corrected chi connectivity index (χ3v) is 13.9. The summed E-state index contributed by atoms with van der Waals surface area (Å²) in [4.78, 5) is 16.7. The third-order valence-electron chi connectivity index (χ3n) is 11.4. The quantitative estimate of drug-likeness (QED) is 0.0231. The monoisotopic (exact) mass is 1140 g/mol. The first-order chi connectivity index (χ1) is 36.3. The van der Waals surface area contributed by atoms with Gasteiger partial charge in [0.2, 0.25) is 0 Å². The molecular weight excluding hydrogens is 1100 g/mol. The van der Waals surface area contributed by atoms with Crippen LogP contribution in [-0.4, -0.2) is 93.8 Å². The van der Waals surface area contributed by atoms with Crippen LogP contribution in [0.25, 0.3) is 21.5 Å². The fourth-order valence-corrected chi connectivity index (χ4v) is 9.97. The molecule has 392 valence electrons. The summed E-state index contributed by atoms with van der Waals surface area (Å²) < 4.78 is 77.7. The van der Waals surface area contributed by atoms with Crippen molar-refractivity contribution >= 4 is 149 Å². The zero-order valence-corrected chi connectivity index (χ0v) is 46.9. The van der Waals surface area contributed by atoms with E-state index < -0.39 is 43.5 Å². The number of azo groups is 2. The molecule has 23 heteroatoms. The van der Waals surface area contributed by atoms with Gasteiger partial charge in [0.25, 0.3) is 26.1 Å². The van der Waals surface area contributed by atoms with Gasteiger partial charge in [-0.15, -0.1) is 15.3 Å². The number of amides is 1. The Morgan fingerprint density at radius 3 is 1.57 bits per heavy atom. The normalized spacial score (nSPS) is 11.9. The maximum Gasteiger partial charge on any atom is 2.00 e. The maximum atomic E-state index is 13.5. The molecule has 0 unspecified atom stereocenters. The summed E-state index contributed by atoms with van der Waals surface area (Å²) in [6.07, 6.45) is 0.337. The molecule has 18 nitrogen and oxygen atoms in total. The molecule has 0 aliphatic rings. The number of ether oxygens (including phenoxy) is 2. The van der Waals surface area contributed by atoms with Gasteiger partial charge in [0.1, 0.15) is 34.2 Å². The van der Waals surface area contributed by atoms with Gasteiger partial charge in [0.05, 0.1) is 50.0 Å². The summed E-state index contributed by atoms with van der Waals surface area (Å²) in [5.74, 6) is -1.65. The minimum Gasteiger partial charge on any atom is -0.871 e. The Hall–Kier alpha value is -6.72. The number of fused-ring (bicyclic) bond motifs is 2. The van der Waals surface area contributed by atoms with E-state index in [1.165, 1.54) is 36.4 Å². The molecule has 0 aromatic heterocycles. The predicted molar refractivity (Wildman–Crippen MR) is 294 cm³/mol. The predicted octanol–water partition coefficient (Wildman–Crippen LogP) is 12.3. The zero-order chi connectivity index (χ0) is 54.9. The van der Waals surface area contributed by atoms with Crippen LogP contribution in [0.3, 0.4) is 0 Å². The molecule has 8 rings (SSSR count). The second-order valence-electron chi connectivity index (χ2n) is 16.2. The SMILES string of the molecule is CCOc1ccccc1N=C([O-])c1cc2ccccc2c(N=Nc2c(Cl)ccc(S(=O)(=O)O)c2CC)c1[O-].CCOc1ccccc1NC(=O)c1cc2ccccc2c(N=Nc2c(Cl)ccc(S(=O)(=O)O)c2CC)c1O.[Ca+2]. The van der Waals surface area contributed by atoms with Crippen molar-refractivity contribution in [3.63, 3.8) is 0 Å². The van der Waals surface area contributed by atoms with Crippen LogP contribution in [0.2, 0.25) is 10.0 Å². The van der Waals surface area contributed by atoms with Gasteiger partial charge in [-0.2, -0.15) is 21.9 Å². The number of aromatic hydroxyl groups is 1. The van der Waals surface area contributed by atoms with E-state index in [2.05, 4.69) is 30.8 Å². The summed E-state index contributed by atoms with van der Waals surface area (Å²) in [6.45, 7) is 7.74. The van der Waals surface area contributed by atoms with Gasteiger partial charge < -0.3 is 30.1 Å². The Labute approximate surface area is 483 Å². The molecule has 0 bridgehead atoms.